The van der Waals surface area contributed by atoms with Crippen molar-refractivity contribution in [1.29, 1.82) is 0 Å². The zero-order valence-electron chi connectivity index (χ0n) is 15.3. The first-order valence-corrected chi connectivity index (χ1v) is 8.42. The number of aryl methyl sites for hydroxylation is 1. The molecule has 2 N–H and O–H groups in total. The summed E-state index contributed by atoms with van der Waals surface area (Å²) in [7, 11) is 0. The Balaban J connectivity index is 2.35. The van der Waals surface area contributed by atoms with Crippen molar-refractivity contribution in [1.82, 2.24) is 10.6 Å². The van der Waals surface area contributed by atoms with Crippen molar-refractivity contribution >= 4 is 6.09 Å². The maximum atomic E-state index is 11.9. The Kier molecular flexibility index (Phi) is 7.62. The molecule has 0 radical (unpaired) electrons. The summed E-state index contributed by atoms with van der Waals surface area (Å²) < 4.78 is 10.7. The molecule has 5 nitrogen and oxygen atoms in total. The van der Waals surface area contributed by atoms with Crippen molar-refractivity contribution in [2.75, 3.05) is 6.54 Å². The number of nitrogens with one attached hydrogen (secondary N) is 2. The Bertz CT molecular complexity index is 449. The Labute approximate surface area is 140 Å². The molecule has 0 saturated heterocycles. The van der Waals surface area contributed by atoms with E-state index in [0.717, 1.165) is 25.1 Å². The maximum Gasteiger partial charge on any atom is 0.407 e. The number of hydrogen-bond donors (Lipinski definition) is 2. The van der Waals surface area contributed by atoms with Gasteiger partial charge in [-0.25, -0.2) is 4.79 Å². The highest BCUT2D eigenvalue weighted by molar-refractivity contribution is 5.68. The number of carbonyl (C=O) groups is 1. The number of furan rings is 1. The molecule has 1 aromatic heterocycles. The molecule has 132 valence electrons. The van der Waals surface area contributed by atoms with Crippen molar-refractivity contribution in [3.63, 3.8) is 0 Å². The lowest BCUT2D eigenvalue weighted by Crippen LogP contribution is -2.48. The van der Waals surface area contributed by atoms with Crippen molar-refractivity contribution in [3.8, 4) is 0 Å². The highest BCUT2D eigenvalue weighted by Crippen LogP contribution is 2.09. The Morgan fingerprint density at radius 2 is 2.00 bits per heavy atom. The van der Waals surface area contributed by atoms with Gasteiger partial charge in [0.05, 0.1) is 6.26 Å². The SMILES string of the molecule is CC(CCc1ccco1)NCC(NC(=O)OC(C)(C)C)C(C)C. The van der Waals surface area contributed by atoms with Crippen LogP contribution in [0.3, 0.4) is 0 Å². The van der Waals surface area contributed by atoms with Crippen LogP contribution >= 0.6 is 0 Å². The zero-order chi connectivity index (χ0) is 17.5. The number of carbonyl (C=O) groups excluding carboxylic acids is 1. The van der Waals surface area contributed by atoms with E-state index in [1.54, 1.807) is 6.26 Å². The van der Waals surface area contributed by atoms with Gasteiger partial charge in [-0.15, -0.1) is 0 Å². The molecular weight excluding hydrogens is 292 g/mol. The lowest BCUT2D eigenvalue weighted by molar-refractivity contribution is 0.0489. The molecule has 0 bridgehead atoms. The molecule has 0 saturated carbocycles. The van der Waals surface area contributed by atoms with E-state index in [9.17, 15) is 4.79 Å². The summed E-state index contributed by atoms with van der Waals surface area (Å²) >= 11 is 0. The third-order valence-electron chi connectivity index (χ3n) is 3.60. The van der Waals surface area contributed by atoms with Gasteiger partial charge in [0, 0.05) is 25.0 Å². The van der Waals surface area contributed by atoms with Crippen LogP contribution in [-0.2, 0) is 11.2 Å². The number of amides is 1. The van der Waals surface area contributed by atoms with E-state index >= 15 is 0 Å². The molecule has 0 fully saturated rings. The minimum Gasteiger partial charge on any atom is -0.469 e. The van der Waals surface area contributed by atoms with Crippen molar-refractivity contribution in [2.45, 2.75) is 72.1 Å². The fourth-order valence-electron chi connectivity index (χ4n) is 2.16. The number of alkyl carbamates (subject to hydrolysis) is 1. The molecule has 0 aliphatic carbocycles. The summed E-state index contributed by atoms with van der Waals surface area (Å²) in [6, 6.07) is 4.29. The van der Waals surface area contributed by atoms with E-state index in [4.69, 9.17) is 9.15 Å². The average Bonchev–Trinajstić information content (AvgIpc) is 2.92. The molecule has 1 heterocycles. The molecule has 2 atom stereocenters. The van der Waals surface area contributed by atoms with Gasteiger partial charge in [0.25, 0.3) is 0 Å². The zero-order valence-corrected chi connectivity index (χ0v) is 15.3. The number of ether oxygens (including phenoxy) is 1. The van der Waals surface area contributed by atoms with E-state index in [2.05, 4.69) is 31.4 Å². The standard InChI is InChI=1S/C18H32N2O3/c1-13(2)16(20-17(21)23-18(4,5)6)12-19-14(3)9-10-15-8-7-11-22-15/h7-8,11,13-14,16,19H,9-10,12H2,1-6H3,(H,20,21). The second-order valence-electron chi connectivity index (χ2n) is 7.42. The second kappa shape index (κ2) is 8.96. The first kappa shape index (κ1) is 19.6. The van der Waals surface area contributed by atoms with Gasteiger partial charge in [-0.05, 0) is 52.2 Å². The molecule has 23 heavy (non-hydrogen) atoms. The van der Waals surface area contributed by atoms with Crippen LogP contribution in [0.4, 0.5) is 4.79 Å². The molecule has 0 spiro atoms. The summed E-state index contributed by atoms with van der Waals surface area (Å²) in [5, 5.41) is 6.44. The number of hydrogen-bond acceptors (Lipinski definition) is 4. The molecule has 1 amide bonds. The van der Waals surface area contributed by atoms with Crippen molar-refractivity contribution in [3.05, 3.63) is 24.2 Å². The quantitative estimate of drug-likeness (QED) is 0.764. The van der Waals surface area contributed by atoms with Crippen LogP contribution in [0.15, 0.2) is 22.8 Å². The topological polar surface area (TPSA) is 63.5 Å². The predicted molar refractivity (Wildman–Crippen MR) is 92.5 cm³/mol. The van der Waals surface area contributed by atoms with Crippen LogP contribution in [0.1, 0.15) is 53.7 Å². The first-order valence-electron chi connectivity index (χ1n) is 8.42. The van der Waals surface area contributed by atoms with Gasteiger partial charge in [-0.1, -0.05) is 13.8 Å². The average molecular weight is 324 g/mol. The van der Waals surface area contributed by atoms with E-state index in [1.165, 1.54) is 0 Å². The molecule has 1 rings (SSSR count). The highest BCUT2D eigenvalue weighted by atomic mass is 16.6. The molecule has 0 aliphatic heterocycles. The Morgan fingerprint density at radius 3 is 2.52 bits per heavy atom. The first-order chi connectivity index (χ1) is 10.7. The van der Waals surface area contributed by atoms with E-state index in [0.29, 0.717) is 12.0 Å². The van der Waals surface area contributed by atoms with Gasteiger partial charge in [0.1, 0.15) is 11.4 Å². The van der Waals surface area contributed by atoms with Crippen LogP contribution in [0.5, 0.6) is 0 Å². The third kappa shape index (κ3) is 8.65. The van der Waals surface area contributed by atoms with Crippen molar-refractivity contribution in [2.24, 2.45) is 5.92 Å². The normalized spacial score (nSPS) is 14.6. The summed E-state index contributed by atoms with van der Waals surface area (Å²) in [5.41, 5.74) is -0.477. The minimum atomic E-state index is -0.477. The van der Waals surface area contributed by atoms with Gasteiger partial charge < -0.3 is 19.8 Å². The highest BCUT2D eigenvalue weighted by Gasteiger charge is 2.21. The summed E-state index contributed by atoms with van der Waals surface area (Å²) in [4.78, 5) is 11.9. The molecule has 1 aromatic rings. The molecule has 2 unspecified atom stereocenters. The summed E-state index contributed by atoms with van der Waals surface area (Å²) in [5.74, 6) is 1.33. The fraction of sp³-hybridized carbons (Fsp3) is 0.722. The predicted octanol–water partition coefficient (Wildman–Crippen LogP) is 3.74. The molecular formula is C18H32N2O3. The van der Waals surface area contributed by atoms with Gasteiger partial charge in [0.2, 0.25) is 0 Å². The van der Waals surface area contributed by atoms with Crippen LogP contribution in [0.2, 0.25) is 0 Å². The van der Waals surface area contributed by atoms with Crippen LogP contribution in [-0.4, -0.2) is 30.3 Å². The van der Waals surface area contributed by atoms with Crippen LogP contribution in [0, 0.1) is 5.92 Å². The molecule has 0 aromatic carbocycles. The van der Waals surface area contributed by atoms with Gasteiger partial charge in [0.15, 0.2) is 0 Å². The lowest BCUT2D eigenvalue weighted by atomic mass is 10.0. The smallest absolute Gasteiger partial charge is 0.407 e. The van der Waals surface area contributed by atoms with Gasteiger partial charge in [-0.2, -0.15) is 0 Å². The summed E-state index contributed by atoms with van der Waals surface area (Å²) in [6.07, 6.45) is 3.24. The Hall–Kier alpha value is -1.49. The fourth-order valence-corrected chi connectivity index (χ4v) is 2.16. The maximum absolute atomic E-state index is 11.9. The van der Waals surface area contributed by atoms with Gasteiger partial charge in [-0.3, -0.25) is 0 Å². The second-order valence-corrected chi connectivity index (χ2v) is 7.42. The summed E-state index contributed by atoms with van der Waals surface area (Å²) in [6.45, 7) is 12.7. The molecule has 0 aliphatic rings. The third-order valence-corrected chi connectivity index (χ3v) is 3.60. The van der Waals surface area contributed by atoms with Crippen molar-refractivity contribution < 1.29 is 13.9 Å². The lowest BCUT2D eigenvalue weighted by Gasteiger charge is -2.27. The molecule has 5 heteroatoms. The Morgan fingerprint density at radius 1 is 1.30 bits per heavy atom. The van der Waals surface area contributed by atoms with Crippen LogP contribution < -0.4 is 10.6 Å². The monoisotopic (exact) mass is 324 g/mol. The van der Waals surface area contributed by atoms with E-state index in [1.807, 2.05) is 32.9 Å². The van der Waals surface area contributed by atoms with Crippen LogP contribution in [0.25, 0.3) is 0 Å². The van der Waals surface area contributed by atoms with Gasteiger partial charge >= 0.3 is 6.09 Å². The van der Waals surface area contributed by atoms with E-state index in [-0.39, 0.29) is 12.1 Å². The number of rotatable bonds is 8. The largest absolute Gasteiger partial charge is 0.469 e. The minimum absolute atomic E-state index is 0.0379. The van der Waals surface area contributed by atoms with E-state index < -0.39 is 5.60 Å².